The second-order valence-corrected chi connectivity index (χ2v) is 5.15. The van der Waals surface area contributed by atoms with E-state index in [1.165, 1.54) is 16.3 Å². The number of aromatic nitrogens is 5. The molecule has 3 aromatic rings. The molecule has 0 bridgehead atoms. The Kier molecular flexibility index (Phi) is 2.79. The van der Waals surface area contributed by atoms with E-state index >= 15 is 0 Å². The second kappa shape index (κ2) is 4.41. The predicted molar refractivity (Wildman–Crippen MR) is 78.8 cm³/mol. The lowest BCUT2D eigenvalue weighted by Gasteiger charge is -2.08. The Balaban J connectivity index is 2.43. The van der Waals surface area contributed by atoms with Crippen molar-refractivity contribution in [2.24, 2.45) is 14.1 Å². The molecule has 108 valence electrons. The molecule has 2 heterocycles. The maximum atomic E-state index is 12.1. The Morgan fingerprint density at radius 2 is 1.71 bits per heavy atom. The highest BCUT2D eigenvalue weighted by atomic mass is 16.2. The van der Waals surface area contributed by atoms with Gasteiger partial charge in [0.1, 0.15) is 0 Å². The van der Waals surface area contributed by atoms with E-state index in [4.69, 9.17) is 0 Å². The molecule has 0 fully saturated rings. The van der Waals surface area contributed by atoms with Crippen LogP contribution in [0.25, 0.3) is 16.9 Å². The lowest BCUT2D eigenvalue weighted by Crippen LogP contribution is -2.37. The minimum Gasteiger partial charge on any atom is -0.279 e. The zero-order valence-corrected chi connectivity index (χ0v) is 12.3. The molecule has 0 radical (unpaired) electrons. The monoisotopic (exact) mass is 285 g/mol. The van der Waals surface area contributed by atoms with Gasteiger partial charge in [-0.1, -0.05) is 11.3 Å². The minimum absolute atomic E-state index is 0.179. The molecule has 7 nitrogen and oxygen atoms in total. The Bertz CT molecular complexity index is 977. The highest BCUT2D eigenvalue weighted by molar-refractivity contribution is 5.71. The van der Waals surface area contributed by atoms with E-state index in [0.29, 0.717) is 5.65 Å². The number of nitrogens with zero attached hydrogens (tertiary/aromatic N) is 5. The average Bonchev–Trinajstić information content (AvgIpc) is 2.90. The average molecular weight is 285 g/mol. The Labute approximate surface area is 120 Å². The van der Waals surface area contributed by atoms with Crippen molar-refractivity contribution in [1.29, 1.82) is 0 Å². The molecule has 0 atom stereocenters. The lowest BCUT2D eigenvalue weighted by atomic mass is 10.1. The third kappa shape index (κ3) is 1.81. The summed E-state index contributed by atoms with van der Waals surface area (Å²) in [7, 11) is 3.03. The Morgan fingerprint density at radius 3 is 2.38 bits per heavy atom. The van der Waals surface area contributed by atoms with Crippen LogP contribution in [0.1, 0.15) is 11.1 Å². The smallest absolute Gasteiger partial charge is 0.279 e. The van der Waals surface area contributed by atoms with Gasteiger partial charge in [0, 0.05) is 14.1 Å². The SMILES string of the molecule is Cc1ccc(-n2nnc3c(=O)n(C)c(=O)n(C)c32)cc1C. The van der Waals surface area contributed by atoms with Crippen molar-refractivity contribution < 1.29 is 0 Å². The van der Waals surface area contributed by atoms with Gasteiger partial charge in [-0.15, -0.1) is 5.10 Å². The van der Waals surface area contributed by atoms with Crippen molar-refractivity contribution in [3.63, 3.8) is 0 Å². The van der Waals surface area contributed by atoms with Crippen LogP contribution in [0.4, 0.5) is 0 Å². The van der Waals surface area contributed by atoms with E-state index in [0.717, 1.165) is 21.4 Å². The zero-order chi connectivity index (χ0) is 15.3. The summed E-state index contributed by atoms with van der Waals surface area (Å²) < 4.78 is 3.93. The van der Waals surface area contributed by atoms with Crippen molar-refractivity contribution in [2.75, 3.05) is 0 Å². The van der Waals surface area contributed by atoms with Gasteiger partial charge in [0.05, 0.1) is 5.69 Å². The van der Waals surface area contributed by atoms with Crippen LogP contribution in [0.15, 0.2) is 27.8 Å². The fourth-order valence-corrected chi connectivity index (χ4v) is 2.31. The van der Waals surface area contributed by atoms with Gasteiger partial charge in [-0.3, -0.25) is 13.9 Å². The largest absolute Gasteiger partial charge is 0.332 e. The van der Waals surface area contributed by atoms with Gasteiger partial charge in [-0.25, -0.2) is 4.79 Å². The summed E-state index contributed by atoms with van der Waals surface area (Å²) in [5, 5.41) is 7.96. The summed E-state index contributed by atoms with van der Waals surface area (Å²) in [5.74, 6) is 0. The number of hydrogen-bond donors (Lipinski definition) is 0. The number of fused-ring (bicyclic) bond motifs is 1. The molecule has 0 amide bonds. The van der Waals surface area contributed by atoms with Crippen LogP contribution >= 0.6 is 0 Å². The van der Waals surface area contributed by atoms with Gasteiger partial charge >= 0.3 is 5.69 Å². The fraction of sp³-hybridized carbons (Fsp3) is 0.286. The number of aryl methyl sites for hydroxylation is 3. The van der Waals surface area contributed by atoms with Crippen LogP contribution in [0.2, 0.25) is 0 Å². The molecule has 0 saturated carbocycles. The summed E-state index contributed by atoms with van der Waals surface area (Å²) >= 11 is 0. The number of hydrogen-bond acceptors (Lipinski definition) is 4. The molecule has 0 aliphatic rings. The van der Waals surface area contributed by atoms with Crippen LogP contribution in [0.5, 0.6) is 0 Å². The summed E-state index contributed by atoms with van der Waals surface area (Å²) in [4.78, 5) is 24.2. The standard InChI is InChI=1S/C14H15N5O2/c1-8-5-6-10(7-9(8)2)19-12-11(15-16-19)13(20)18(4)14(21)17(12)3/h5-7H,1-4H3. The molecule has 7 heteroatoms. The summed E-state index contributed by atoms with van der Waals surface area (Å²) in [6.07, 6.45) is 0. The van der Waals surface area contributed by atoms with Crippen LogP contribution < -0.4 is 11.2 Å². The molecule has 0 aliphatic carbocycles. The molecule has 0 spiro atoms. The van der Waals surface area contributed by atoms with E-state index in [2.05, 4.69) is 10.3 Å². The molecule has 21 heavy (non-hydrogen) atoms. The molecular weight excluding hydrogens is 270 g/mol. The van der Waals surface area contributed by atoms with Gasteiger partial charge in [0.2, 0.25) is 0 Å². The Hall–Kier alpha value is -2.70. The maximum Gasteiger partial charge on any atom is 0.332 e. The van der Waals surface area contributed by atoms with Crippen molar-refractivity contribution >= 4 is 11.2 Å². The molecule has 0 unspecified atom stereocenters. The minimum atomic E-state index is -0.441. The third-order valence-corrected chi connectivity index (χ3v) is 3.78. The first-order valence-electron chi connectivity index (χ1n) is 6.51. The first-order valence-corrected chi connectivity index (χ1v) is 6.51. The van der Waals surface area contributed by atoms with Crippen LogP contribution in [0, 0.1) is 13.8 Å². The molecule has 2 aromatic heterocycles. The maximum absolute atomic E-state index is 12.1. The zero-order valence-electron chi connectivity index (χ0n) is 12.3. The third-order valence-electron chi connectivity index (χ3n) is 3.78. The fourth-order valence-electron chi connectivity index (χ4n) is 2.31. The number of rotatable bonds is 1. The van der Waals surface area contributed by atoms with Crippen molar-refractivity contribution in [1.82, 2.24) is 24.1 Å². The van der Waals surface area contributed by atoms with E-state index in [1.54, 1.807) is 7.05 Å². The summed E-state index contributed by atoms with van der Waals surface area (Å²) in [6, 6.07) is 5.81. The second-order valence-electron chi connectivity index (χ2n) is 5.15. The van der Waals surface area contributed by atoms with Gasteiger partial charge in [-0.05, 0) is 37.1 Å². The predicted octanol–water partition coefficient (Wildman–Crippen LogP) is 0.435. The quantitative estimate of drug-likeness (QED) is 0.650. The normalized spacial score (nSPS) is 11.2. The molecule has 0 saturated heterocycles. The highest BCUT2D eigenvalue weighted by Crippen LogP contribution is 2.16. The first kappa shape index (κ1) is 13.3. The summed E-state index contributed by atoms with van der Waals surface area (Å²) in [6.45, 7) is 4.01. The van der Waals surface area contributed by atoms with Crippen molar-refractivity contribution in [3.05, 3.63) is 50.2 Å². The highest BCUT2D eigenvalue weighted by Gasteiger charge is 2.16. The van der Waals surface area contributed by atoms with E-state index in [9.17, 15) is 9.59 Å². The van der Waals surface area contributed by atoms with Gasteiger partial charge < -0.3 is 0 Å². The molecule has 3 rings (SSSR count). The van der Waals surface area contributed by atoms with Gasteiger partial charge in [-0.2, -0.15) is 4.68 Å². The van der Waals surface area contributed by atoms with E-state index < -0.39 is 11.2 Å². The molecular formula is C14H15N5O2. The van der Waals surface area contributed by atoms with Gasteiger partial charge in [0.25, 0.3) is 5.56 Å². The van der Waals surface area contributed by atoms with E-state index in [1.807, 2.05) is 32.0 Å². The number of benzene rings is 1. The van der Waals surface area contributed by atoms with Crippen LogP contribution in [-0.2, 0) is 14.1 Å². The van der Waals surface area contributed by atoms with Crippen molar-refractivity contribution in [2.45, 2.75) is 13.8 Å². The molecule has 1 aromatic carbocycles. The van der Waals surface area contributed by atoms with E-state index in [-0.39, 0.29) is 5.52 Å². The molecule has 0 aliphatic heterocycles. The van der Waals surface area contributed by atoms with Crippen molar-refractivity contribution in [3.8, 4) is 5.69 Å². The Morgan fingerprint density at radius 1 is 1.00 bits per heavy atom. The van der Waals surface area contributed by atoms with Gasteiger partial charge in [0.15, 0.2) is 11.2 Å². The first-order chi connectivity index (χ1) is 9.91. The topological polar surface area (TPSA) is 74.7 Å². The van der Waals surface area contributed by atoms with Crippen LogP contribution in [-0.4, -0.2) is 24.1 Å². The van der Waals surface area contributed by atoms with Crippen LogP contribution in [0.3, 0.4) is 0 Å². The summed E-state index contributed by atoms with van der Waals surface area (Å²) in [5.41, 5.74) is 2.76. The lowest BCUT2D eigenvalue weighted by molar-refractivity contribution is 0.698. The molecule has 0 N–H and O–H groups in total.